The average molecular weight is 1180 g/mol. The third kappa shape index (κ3) is 17.8. The Balaban J connectivity index is 1.67. The van der Waals surface area contributed by atoms with Gasteiger partial charge in [0.25, 0.3) is 0 Å². The van der Waals surface area contributed by atoms with Gasteiger partial charge in [-0.1, -0.05) is 184 Å². The Morgan fingerprint density at radius 1 is 0.688 bits per heavy atom. The Morgan fingerprint density at radius 3 is 1.77 bits per heavy atom. The Labute approximate surface area is 491 Å². The zero-order valence-corrected chi connectivity index (χ0v) is 57.1. The van der Waals surface area contributed by atoms with E-state index in [2.05, 4.69) is 148 Å². The van der Waals surface area contributed by atoms with Gasteiger partial charge < -0.3 is 46.1 Å². The van der Waals surface area contributed by atoms with E-state index >= 15 is 4.79 Å². The van der Waals surface area contributed by atoms with Crippen LogP contribution in [0.25, 0.3) is 0 Å². The van der Waals surface area contributed by atoms with Crippen LogP contribution in [0.3, 0.4) is 0 Å². The molecule has 1 fully saturated rings. The van der Waals surface area contributed by atoms with Crippen LogP contribution in [-0.2, 0) is 59.4 Å². The van der Waals surface area contributed by atoms with E-state index in [1.165, 1.54) is 0 Å². The van der Waals surface area contributed by atoms with Crippen molar-refractivity contribution in [3.8, 4) is 5.75 Å². The summed E-state index contributed by atoms with van der Waals surface area (Å²) in [4.78, 5) is 15.1. The normalized spacial score (nSPS) is 25.2. The number of hydrogen-bond acceptors (Lipinski definition) is 11. The van der Waals surface area contributed by atoms with Crippen molar-refractivity contribution in [3.05, 3.63) is 103 Å². The van der Waals surface area contributed by atoms with Crippen molar-refractivity contribution in [2.45, 2.75) is 280 Å². The van der Waals surface area contributed by atoms with Gasteiger partial charge in [-0.2, -0.15) is 0 Å². The molecule has 1 saturated heterocycles. The maximum absolute atomic E-state index is 15.1. The smallest absolute Gasteiger partial charge is 0.335 e. The molecule has 0 amide bonds. The topological polar surface area (TPSA) is 109 Å². The summed E-state index contributed by atoms with van der Waals surface area (Å²) in [7, 11) is -6.27. The summed E-state index contributed by atoms with van der Waals surface area (Å²) >= 11 is 0. The van der Waals surface area contributed by atoms with E-state index in [4.69, 9.17) is 46.1 Å². The second-order valence-electron chi connectivity index (χ2n) is 26.4. The highest BCUT2D eigenvalue weighted by Gasteiger charge is 2.57. The zero-order chi connectivity index (χ0) is 59.3. The van der Waals surface area contributed by atoms with E-state index in [1.54, 1.807) is 7.11 Å². The molecule has 0 aliphatic carbocycles. The molecule has 2 aromatic rings. The summed E-state index contributed by atoms with van der Waals surface area (Å²) in [5.41, 5.74) is 4.12. The molecule has 3 heterocycles. The van der Waals surface area contributed by atoms with E-state index in [-0.39, 0.29) is 41.9 Å². The summed E-state index contributed by atoms with van der Waals surface area (Å²) in [6.07, 6.45) is 6.70. The molecular formula is C65H108O11Si4. The molecule has 3 aliphatic rings. The number of rotatable bonds is 28. The fraction of sp³-hybridized carbons (Fsp3) is 0.708. The predicted octanol–water partition coefficient (Wildman–Crippen LogP) is 16.2. The zero-order valence-electron chi connectivity index (χ0n) is 53.1. The number of carbonyl (C=O) groups excluding carboxylic acids is 1. The molecule has 3 aliphatic heterocycles. The second-order valence-corrected chi connectivity index (χ2v) is 43.5. The number of methoxy groups -OCH3 is 1. The largest absolute Gasteiger partial charge is 0.497 e. The number of ether oxygens (including phenoxy) is 8. The fourth-order valence-corrected chi connectivity index (χ4v) is 34.8. The van der Waals surface area contributed by atoms with Crippen LogP contribution in [0.2, 0.25) is 55.9 Å². The van der Waals surface area contributed by atoms with Gasteiger partial charge in [0.1, 0.15) is 35.8 Å². The van der Waals surface area contributed by atoms with Crippen LogP contribution < -0.4 is 4.74 Å². The summed E-state index contributed by atoms with van der Waals surface area (Å²) in [6, 6.07) is 18.8. The standard InChI is InChI=1S/C65H108O11Si4/c1-22-54-55(32-28-33-60(80(49(14)15,50(16)17)76-78(45(6)7)46(8)9)59(71-54)42-79(47(10)11,48(12)13)75-77(43(2)3)44(4)5)72-58(64(66)74-65(18,19)20)39-57-62(69-41-52-34-36-53(67-21)37-35-52)63(70-40-51-29-24-23-25-30-51)61-56(73-57)31-26-27-38-68-61/h22-30,33-37,43-50,54-63H,1,31-32,38-42H2,2-21H3/b33-28-/t54-,55+,56-,57+,58?,59+,60-,61-,62+,63+/m0/s1. The second kappa shape index (κ2) is 31.0. The van der Waals surface area contributed by atoms with Crippen molar-refractivity contribution in [2.75, 3.05) is 13.7 Å². The third-order valence-corrected chi connectivity index (χ3v) is 36.3. The minimum Gasteiger partial charge on any atom is -0.497 e. The average Bonchev–Trinajstić information content (AvgIpc) is 3.67. The summed E-state index contributed by atoms with van der Waals surface area (Å²) in [5, 5.41) is 0. The molecule has 15 heteroatoms. The van der Waals surface area contributed by atoms with E-state index in [0.29, 0.717) is 59.3 Å². The molecule has 10 atom stereocenters. The van der Waals surface area contributed by atoms with Gasteiger partial charge in [0, 0.05) is 12.0 Å². The van der Waals surface area contributed by atoms with Crippen LogP contribution in [-0.4, -0.2) is 115 Å². The molecule has 5 rings (SSSR count). The van der Waals surface area contributed by atoms with Gasteiger partial charge in [0.05, 0.1) is 51.3 Å². The molecule has 11 nitrogen and oxygen atoms in total. The van der Waals surface area contributed by atoms with E-state index < -0.39 is 89.0 Å². The highest BCUT2D eigenvalue weighted by molar-refractivity contribution is 6.85. The number of hydrogen-bond donors (Lipinski definition) is 0. The minimum absolute atomic E-state index is 0.00246. The van der Waals surface area contributed by atoms with Gasteiger partial charge in [-0.15, -0.1) is 6.58 Å². The predicted molar refractivity (Wildman–Crippen MR) is 335 cm³/mol. The van der Waals surface area contributed by atoms with Gasteiger partial charge >= 0.3 is 5.97 Å². The van der Waals surface area contributed by atoms with Crippen LogP contribution in [0.1, 0.15) is 162 Å². The highest BCUT2D eigenvalue weighted by atomic mass is 28.4. The Kier molecular flexibility index (Phi) is 26.5. The SMILES string of the molecule is C=C[C@@H]1O[C@H](C[Si](O[Si](C(C)C)C(C)C)(C(C)C)C(C)C)[C@@H]([Si](O[Si](C(C)C)C(C)C)(C(C)C)C(C)C)/C=C\C[C@H]1OC(C[C@H]1O[C@H]2CC=CCO[C@@H]2[C@@H](OCc2ccccc2)[C@@H]1OCc1ccc(OC)cc1)C(=O)OC(C)(C)C. The minimum atomic E-state index is -2.78. The molecule has 80 heavy (non-hydrogen) atoms. The van der Waals surface area contributed by atoms with E-state index in [0.717, 1.165) is 22.9 Å². The molecule has 2 radical (unpaired) electrons. The van der Waals surface area contributed by atoms with Crippen LogP contribution in [0, 0.1) is 0 Å². The molecule has 1 unspecified atom stereocenters. The molecule has 0 spiro atoms. The number of esters is 1. The fourth-order valence-electron chi connectivity index (χ4n) is 12.8. The maximum Gasteiger partial charge on any atom is 0.335 e. The quantitative estimate of drug-likeness (QED) is 0.0461. The van der Waals surface area contributed by atoms with E-state index in [1.807, 2.05) is 75.4 Å². The molecule has 0 N–H and O–H groups in total. The van der Waals surface area contributed by atoms with Gasteiger partial charge in [-0.25, -0.2) is 4.79 Å². The van der Waals surface area contributed by atoms with Crippen molar-refractivity contribution in [2.24, 2.45) is 0 Å². The lowest BCUT2D eigenvalue weighted by Crippen LogP contribution is -2.61. The van der Waals surface area contributed by atoms with Crippen LogP contribution in [0.5, 0.6) is 5.75 Å². The van der Waals surface area contributed by atoms with Crippen LogP contribution in [0.15, 0.2) is 91.6 Å². The lowest BCUT2D eigenvalue weighted by molar-refractivity contribution is -0.265. The molecule has 0 aromatic heterocycles. The Hall–Kier alpha value is -2.52. The van der Waals surface area contributed by atoms with Gasteiger partial charge in [-0.05, 0) is 107 Å². The maximum atomic E-state index is 15.1. The Morgan fingerprint density at radius 2 is 1.25 bits per heavy atom. The van der Waals surface area contributed by atoms with E-state index in [9.17, 15) is 0 Å². The van der Waals surface area contributed by atoms with Gasteiger partial charge in [-0.3, -0.25) is 0 Å². The first-order valence-corrected chi connectivity index (χ1v) is 38.0. The third-order valence-electron chi connectivity index (χ3n) is 16.7. The van der Waals surface area contributed by atoms with Crippen molar-refractivity contribution in [1.29, 1.82) is 0 Å². The van der Waals surface area contributed by atoms with Crippen molar-refractivity contribution in [1.82, 2.24) is 0 Å². The monoisotopic (exact) mass is 1180 g/mol. The highest BCUT2D eigenvalue weighted by Crippen LogP contribution is 2.53. The summed E-state index contributed by atoms with van der Waals surface area (Å²) in [5.74, 6) is 0.277. The van der Waals surface area contributed by atoms with Crippen molar-refractivity contribution < 1.29 is 50.9 Å². The van der Waals surface area contributed by atoms with Crippen LogP contribution >= 0.6 is 0 Å². The first kappa shape index (κ1) is 68.3. The molecule has 2 aromatic carbocycles. The summed E-state index contributed by atoms with van der Waals surface area (Å²) in [6.45, 7) is 49.2. The number of benzene rings is 2. The molecule has 0 bridgehead atoms. The van der Waals surface area contributed by atoms with Gasteiger partial charge in [0.15, 0.2) is 22.7 Å². The first-order valence-electron chi connectivity index (χ1n) is 30.5. The Bertz CT molecular complexity index is 2180. The van der Waals surface area contributed by atoms with Crippen LogP contribution in [0.4, 0.5) is 0 Å². The first-order chi connectivity index (χ1) is 37.7. The van der Waals surface area contributed by atoms with Crippen molar-refractivity contribution in [3.63, 3.8) is 0 Å². The number of fused-ring (bicyclic) bond motifs is 1. The summed E-state index contributed by atoms with van der Waals surface area (Å²) < 4.78 is 70.8. The number of carbonyl (C=O) groups is 1. The lowest BCUT2D eigenvalue weighted by atomic mass is 9.90. The van der Waals surface area contributed by atoms with Gasteiger partial charge in [0.2, 0.25) is 18.1 Å². The lowest BCUT2D eigenvalue weighted by Gasteiger charge is -2.53. The molecule has 450 valence electrons. The van der Waals surface area contributed by atoms with Crippen molar-refractivity contribution >= 4 is 40.7 Å². The molecular weight excluding hydrogens is 1070 g/mol. The molecule has 0 saturated carbocycles.